The highest BCUT2D eigenvalue weighted by Gasteiger charge is 2.26. The van der Waals surface area contributed by atoms with Crippen LogP contribution in [0.1, 0.15) is 25.7 Å². The lowest BCUT2D eigenvalue weighted by molar-refractivity contribution is -0.136. The van der Waals surface area contributed by atoms with Crippen molar-refractivity contribution in [2.24, 2.45) is 0 Å². The van der Waals surface area contributed by atoms with Crippen molar-refractivity contribution in [1.82, 2.24) is 0 Å². The summed E-state index contributed by atoms with van der Waals surface area (Å²) in [4.78, 5) is 0. The predicted octanol–water partition coefficient (Wildman–Crippen LogP) is 2.13. The second kappa shape index (κ2) is 8.78. The van der Waals surface area contributed by atoms with Crippen LogP contribution in [0.4, 0.5) is 13.2 Å². The van der Waals surface area contributed by atoms with Crippen LogP contribution >= 0.6 is 0 Å². The Hall–Kier alpha value is -0.330. The molecule has 0 saturated heterocycles. The van der Waals surface area contributed by atoms with Crippen molar-refractivity contribution in [2.45, 2.75) is 38.0 Å². The van der Waals surface area contributed by atoms with Crippen LogP contribution in [0.5, 0.6) is 0 Å². The van der Waals surface area contributed by atoms with Crippen LogP contribution in [-0.2, 0) is 9.47 Å². The van der Waals surface area contributed by atoms with Crippen molar-refractivity contribution < 1.29 is 27.8 Å². The first-order valence-electron chi connectivity index (χ1n) is 5.27. The first-order valence-corrected chi connectivity index (χ1v) is 5.27. The number of methoxy groups -OCH3 is 1. The van der Waals surface area contributed by atoms with Gasteiger partial charge in [-0.1, -0.05) is 0 Å². The number of rotatable bonds is 9. The minimum absolute atomic E-state index is 0.0390. The van der Waals surface area contributed by atoms with Gasteiger partial charge >= 0.3 is 6.18 Å². The Balaban J connectivity index is 3.28. The summed E-state index contributed by atoms with van der Waals surface area (Å²) in [5.41, 5.74) is 0. The van der Waals surface area contributed by atoms with Crippen molar-refractivity contribution in [3.05, 3.63) is 0 Å². The summed E-state index contributed by atoms with van der Waals surface area (Å²) >= 11 is 0. The molecule has 3 nitrogen and oxygen atoms in total. The fraction of sp³-hybridized carbons (Fsp3) is 1.00. The Morgan fingerprint density at radius 2 is 1.81 bits per heavy atom. The molecule has 1 unspecified atom stereocenters. The van der Waals surface area contributed by atoms with Gasteiger partial charge in [0.2, 0.25) is 0 Å². The molecule has 6 heteroatoms. The van der Waals surface area contributed by atoms with Gasteiger partial charge in [-0.25, -0.2) is 0 Å². The minimum Gasteiger partial charge on any atom is -0.393 e. The average Bonchev–Trinajstić information content (AvgIpc) is 2.15. The molecule has 0 aliphatic rings. The standard InChI is InChI=1S/C10H19F3O3/c1-15-7-8-16-6-4-9(14)3-2-5-10(11,12)13/h9,14H,2-8H2,1H3. The minimum atomic E-state index is -4.13. The number of aliphatic hydroxyl groups is 1. The molecule has 0 aromatic rings. The van der Waals surface area contributed by atoms with Crippen molar-refractivity contribution in [3.8, 4) is 0 Å². The van der Waals surface area contributed by atoms with E-state index in [4.69, 9.17) is 9.47 Å². The highest BCUT2D eigenvalue weighted by atomic mass is 19.4. The van der Waals surface area contributed by atoms with E-state index in [2.05, 4.69) is 0 Å². The molecule has 98 valence electrons. The number of alkyl halides is 3. The highest BCUT2D eigenvalue weighted by Crippen LogP contribution is 2.22. The molecular weight excluding hydrogens is 225 g/mol. The summed E-state index contributed by atoms with van der Waals surface area (Å²) in [7, 11) is 1.55. The van der Waals surface area contributed by atoms with Gasteiger partial charge in [-0.3, -0.25) is 0 Å². The molecule has 0 aliphatic heterocycles. The van der Waals surface area contributed by atoms with Gasteiger partial charge in [0.05, 0.1) is 19.3 Å². The maximum absolute atomic E-state index is 11.8. The van der Waals surface area contributed by atoms with Gasteiger partial charge in [-0.05, 0) is 19.3 Å². The fourth-order valence-electron chi connectivity index (χ4n) is 1.15. The van der Waals surface area contributed by atoms with E-state index in [1.165, 1.54) is 0 Å². The lowest BCUT2D eigenvalue weighted by Crippen LogP contribution is -2.14. The third kappa shape index (κ3) is 11.7. The Labute approximate surface area is 93.5 Å². The van der Waals surface area contributed by atoms with Crippen LogP contribution in [0.15, 0.2) is 0 Å². The second-order valence-electron chi connectivity index (χ2n) is 3.56. The van der Waals surface area contributed by atoms with Crippen LogP contribution in [0.25, 0.3) is 0 Å². The zero-order valence-electron chi connectivity index (χ0n) is 9.42. The largest absolute Gasteiger partial charge is 0.393 e. The first kappa shape index (κ1) is 15.7. The number of ether oxygens (including phenoxy) is 2. The Bertz CT molecular complexity index is 162. The monoisotopic (exact) mass is 244 g/mol. The zero-order chi connectivity index (χ0) is 12.4. The molecular formula is C10H19F3O3. The predicted molar refractivity (Wildman–Crippen MR) is 53.2 cm³/mol. The number of hydrogen-bond donors (Lipinski definition) is 1. The van der Waals surface area contributed by atoms with E-state index in [1.807, 2.05) is 0 Å². The molecule has 0 aromatic heterocycles. The van der Waals surface area contributed by atoms with E-state index in [0.717, 1.165) is 0 Å². The number of hydrogen-bond acceptors (Lipinski definition) is 3. The lowest BCUT2D eigenvalue weighted by atomic mass is 10.1. The molecule has 0 aliphatic carbocycles. The van der Waals surface area contributed by atoms with Crippen LogP contribution in [-0.4, -0.2) is 44.3 Å². The molecule has 0 fully saturated rings. The van der Waals surface area contributed by atoms with Gasteiger partial charge in [0.15, 0.2) is 0 Å². The third-order valence-electron chi connectivity index (χ3n) is 2.02. The maximum atomic E-state index is 11.8. The smallest absolute Gasteiger partial charge is 0.389 e. The molecule has 0 heterocycles. The van der Waals surface area contributed by atoms with Gasteiger partial charge < -0.3 is 14.6 Å². The summed E-state index contributed by atoms with van der Waals surface area (Å²) < 4.78 is 45.2. The van der Waals surface area contributed by atoms with Crippen LogP contribution in [0.3, 0.4) is 0 Å². The summed E-state index contributed by atoms with van der Waals surface area (Å²) in [5.74, 6) is 0. The molecule has 16 heavy (non-hydrogen) atoms. The molecule has 0 amide bonds. The fourth-order valence-corrected chi connectivity index (χ4v) is 1.15. The molecule has 0 radical (unpaired) electrons. The van der Waals surface area contributed by atoms with Crippen LogP contribution in [0, 0.1) is 0 Å². The van der Waals surface area contributed by atoms with Gasteiger partial charge in [0.25, 0.3) is 0 Å². The SMILES string of the molecule is COCCOCCC(O)CCCC(F)(F)F. The molecule has 0 aromatic carbocycles. The van der Waals surface area contributed by atoms with Crippen molar-refractivity contribution in [2.75, 3.05) is 26.9 Å². The van der Waals surface area contributed by atoms with Gasteiger partial charge in [0, 0.05) is 20.1 Å². The zero-order valence-corrected chi connectivity index (χ0v) is 9.42. The normalized spacial score (nSPS) is 14.1. The summed E-state index contributed by atoms with van der Waals surface area (Å²) in [6.07, 6.45) is -5.20. The maximum Gasteiger partial charge on any atom is 0.389 e. The molecule has 0 saturated carbocycles. The summed E-state index contributed by atoms with van der Waals surface area (Å²) in [6, 6.07) is 0. The first-order chi connectivity index (χ1) is 7.45. The topological polar surface area (TPSA) is 38.7 Å². The molecule has 0 bridgehead atoms. The Kier molecular flexibility index (Phi) is 8.60. The van der Waals surface area contributed by atoms with E-state index in [9.17, 15) is 18.3 Å². The molecule has 0 spiro atoms. The molecule has 0 rings (SSSR count). The van der Waals surface area contributed by atoms with Crippen molar-refractivity contribution in [1.29, 1.82) is 0 Å². The summed E-state index contributed by atoms with van der Waals surface area (Å²) in [6.45, 7) is 1.26. The Morgan fingerprint density at radius 3 is 2.38 bits per heavy atom. The van der Waals surface area contributed by atoms with E-state index in [0.29, 0.717) is 26.2 Å². The van der Waals surface area contributed by atoms with Gasteiger partial charge in [-0.2, -0.15) is 13.2 Å². The van der Waals surface area contributed by atoms with Crippen molar-refractivity contribution in [3.63, 3.8) is 0 Å². The van der Waals surface area contributed by atoms with Gasteiger partial charge in [-0.15, -0.1) is 0 Å². The van der Waals surface area contributed by atoms with Crippen LogP contribution in [0.2, 0.25) is 0 Å². The van der Waals surface area contributed by atoms with E-state index in [1.54, 1.807) is 7.11 Å². The van der Waals surface area contributed by atoms with Crippen LogP contribution < -0.4 is 0 Å². The van der Waals surface area contributed by atoms with Crippen molar-refractivity contribution >= 4 is 0 Å². The molecule has 1 N–H and O–H groups in total. The highest BCUT2D eigenvalue weighted by molar-refractivity contribution is 4.58. The average molecular weight is 244 g/mol. The lowest BCUT2D eigenvalue weighted by Gasteiger charge is -2.11. The van der Waals surface area contributed by atoms with E-state index >= 15 is 0 Å². The third-order valence-corrected chi connectivity index (χ3v) is 2.02. The Morgan fingerprint density at radius 1 is 1.12 bits per heavy atom. The summed E-state index contributed by atoms with van der Waals surface area (Å²) in [5, 5.41) is 9.32. The number of aliphatic hydroxyl groups excluding tert-OH is 1. The number of halogens is 3. The van der Waals surface area contributed by atoms with E-state index in [-0.39, 0.29) is 12.8 Å². The van der Waals surface area contributed by atoms with Gasteiger partial charge in [0.1, 0.15) is 0 Å². The molecule has 1 atom stereocenters. The van der Waals surface area contributed by atoms with E-state index < -0.39 is 18.7 Å². The second-order valence-corrected chi connectivity index (χ2v) is 3.56. The quantitative estimate of drug-likeness (QED) is 0.631.